The van der Waals surface area contributed by atoms with E-state index in [0.717, 1.165) is 44.6 Å². The van der Waals surface area contributed by atoms with E-state index in [1.54, 1.807) is 0 Å². The summed E-state index contributed by atoms with van der Waals surface area (Å²) in [6, 6.07) is 19.1. The van der Waals surface area contributed by atoms with Crippen molar-refractivity contribution in [2.75, 3.05) is 31.1 Å². The number of hydrogen-bond donors (Lipinski definition) is 1. The molecule has 0 bridgehead atoms. The number of carbonyl (C=O) groups is 1. The number of piperazine rings is 1. The maximum Gasteiger partial charge on any atom is 0.242 e. The Bertz CT molecular complexity index is 749. The lowest BCUT2D eigenvalue weighted by Gasteiger charge is -2.40. The van der Waals surface area contributed by atoms with Crippen LogP contribution in [0, 0.1) is 6.92 Å². The fraction of sp³-hybridized carbons (Fsp3) is 0.409. The van der Waals surface area contributed by atoms with Gasteiger partial charge < -0.3 is 10.2 Å². The molecule has 4 heteroatoms. The number of hydrogen-bond acceptors (Lipinski definition) is 3. The minimum atomic E-state index is -0.184. The van der Waals surface area contributed by atoms with Gasteiger partial charge in [-0.3, -0.25) is 9.69 Å². The standard InChI is InChI=1S/C22H27N3O/c1-17-6-5-9-20(16-17)24-12-14-25(15-13-24)21(18-7-3-2-4-8-18)22(26)23-19-10-11-19/h2-9,16,19,21H,10-15H2,1H3,(H,23,26)/t21-/m1/s1. The Hall–Kier alpha value is -2.33. The molecular formula is C22H27N3O. The lowest BCUT2D eigenvalue weighted by molar-refractivity contribution is -0.127. The van der Waals surface area contributed by atoms with Crippen LogP contribution in [0.4, 0.5) is 5.69 Å². The molecule has 0 aromatic heterocycles. The van der Waals surface area contributed by atoms with Crippen LogP contribution in [0.15, 0.2) is 54.6 Å². The average molecular weight is 349 g/mol. The Morgan fingerprint density at radius 3 is 2.38 bits per heavy atom. The first kappa shape index (κ1) is 17.1. The van der Waals surface area contributed by atoms with E-state index in [9.17, 15) is 4.79 Å². The number of benzene rings is 2. The molecule has 2 aromatic carbocycles. The molecular weight excluding hydrogens is 322 g/mol. The monoisotopic (exact) mass is 349 g/mol. The summed E-state index contributed by atoms with van der Waals surface area (Å²) < 4.78 is 0. The molecule has 1 aliphatic heterocycles. The van der Waals surface area contributed by atoms with Gasteiger partial charge in [0, 0.05) is 37.9 Å². The molecule has 2 fully saturated rings. The number of carbonyl (C=O) groups excluding carboxylic acids is 1. The molecule has 1 amide bonds. The van der Waals surface area contributed by atoms with E-state index in [1.165, 1.54) is 11.3 Å². The number of nitrogens with one attached hydrogen (secondary N) is 1. The van der Waals surface area contributed by atoms with Crippen molar-refractivity contribution in [2.45, 2.75) is 31.8 Å². The van der Waals surface area contributed by atoms with Gasteiger partial charge >= 0.3 is 0 Å². The van der Waals surface area contributed by atoms with Gasteiger partial charge in [-0.25, -0.2) is 0 Å². The van der Waals surface area contributed by atoms with E-state index in [1.807, 2.05) is 18.2 Å². The predicted molar refractivity (Wildman–Crippen MR) is 105 cm³/mol. The molecule has 1 saturated heterocycles. The lowest BCUT2D eigenvalue weighted by Crippen LogP contribution is -2.51. The van der Waals surface area contributed by atoms with Crippen LogP contribution in [-0.4, -0.2) is 43.0 Å². The van der Waals surface area contributed by atoms with Crippen molar-refractivity contribution in [2.24, 2.45) is 0 Å². The number of aryl methyl sites for hydroxylation is 1. The highest BCUT2D eigenvalue weighted by atomic mass is 16.2. The molecule has 1 N–H and O–H groups in total. The van der Waals surface area contributed by atoms with Crippen LogP contribution in [0.1, 0.15) is 30.0 Å². The molecule has 1 heterocycles. The molecule has 2 aromatic rings. The van der Waals surface area contributed by atoms with Gasteiger partial charge in [0.15, 0.2) is 0 Å². The Balaban J connectivity index is 1.47. The highest BCUT2D eigenvalue weighted by Gasteiger charge is 2.33. The van der Waals surface area contributed by atoms with Gasteiger partial charge in [-0.05, 0) is 43.0 Å². The zero-order valence-corrected chi connectivity index (χ0v) is 15.4. The van der Waals surface area contributed by atoms with E-state index in [4.69, 9.17) is 0 Å². The first-order chi connectivity index (χ1) is 12.7. The topological polar surface area (TPSA) is 35.6 Å². The highest BCUT2D eigenvalue weighted by molar-refractivity contribution is 5.83. The molecule has 2 aliphatic rings. The number of amides is 1. The van der Waals surface area contributed by atoms with Crippen LogP contribution in [0.5, 0.6) is 0 Å². The molecule has 4 nitrogen and oxygen atoms in total. The average Bonchev–Trinajstić information content (AvgIpc) is 3.47. The molecule has 136 valence electrons. The molecule has 0 unspecified atom stereocenters. The third-order valence-electron chi connectivity index (χ3n) is 5.33. The molecule has 1 atom stereocenters. The molecule has 26 heavy (non-hydrogen) atoms. The molecule has 0 spiro atoms. The van der Waals surface area contributed by atoms with Gasteiger partial charge in [0.2, 0.25) is 5.91 Å². The van der Waals surface area contributed by atoms with Crippen molar-refractivity contribution >= 4 is 11.6 Å². The summed E-state index contributed by atoms with van der Waals surface area (Å²) in [5, 5.41) is 3.21. The van der Waals surface area contributed by atoms with E-state index in [2.05, 4.69) is 58.4 Å². The second kappa shape index (κ2) is 7.50. The summed E-state index contributed by atoms with van der Waals surface area (Å²) in [6.45, 7) is 5.82. The summed E-state index contributed by atoms with van der Waals surface area (Å²) in [7, 11) is 0. The van der Waals surface area contributed by atoms with Crippen molar-refractivity contribution in [3.05, 3.63) is 65.7 Å². The molecule has 4 rings (SSSR count). The van der Waals surface area contributed by atoms with Gasteiger partial charge in [0.1, 0.15) is 6.04 Å². The Morgan fingerprint density at radius 1 is 1.00 bits per heavy atom. The largest absolute Gasteiger partial charge is 0.369 e. The van der Waals surface area contributed by atoms with Gasteiger partial charge in [-0.15, -0.1) is 0 Å². The normalized spacial score (nSPS) is 19.2. The summed E-state index contributed by atoms with van der Waals surface area (Å²) >= 11 is 0. The van der Waals surface area contributed by atoms with Crippen molar-refractivity contribution in [1.82, 2.24) is 10.2 Å². The summed E-state index contributed by atoms with van der Waals surface area (Å²) in [4.78, 5) is 17.7. The van der Waals surface area contributed by atoms with Crippen molar-refractivity contribution in [3.8, 4) is 0 Å². The Labute approximate surface area is 155 Å². The van der Waals surface area contributed by atoms with Gasteiger partial charge in [-0.2, -0.15) is 0 Å². The van der Waals surface area contributed by atoms with Gasteiger partial charge in [0.05, 0.1) is 0 Å². The SMILES string of the molecule is Cc1cccc(N2CCN([C@@H](C(=O)NC3CC3)c3ccccc3)CC2)c1. The molecule has 1 saturated carbocycles. The van der Waals surface area contributed by atoms with Gasteiger partial charge in [0.25, 0.3) is 0 Å². The minimum Gasteiger partial charge on any atom is -0.369 e. The van der Waals surface area contributed by atoms with Crippen LogP contribution in [0.25, 0.3) is 0 Å². The second-order valence-electron chi connectivity index (χ2n) is 7.46. The van der Waals surface area contributed by atoms with Crippen LogP contribution in [0.2, 0.25) is 0 Å². The van der Waals surface area contributed by atoms with Crippen molar-refractivity contribution in [1.29, 1.82) is 0 Å². The maximum atomic E-state index is 12.9. The second-order valence-corrected chi connectivity index (χ2v) is 7.46. The molecule has 1 aliphatic carbocycles. The van der Waals surface area contributed by atoms with Crippen molar-refractivity contribution < 1.29 is 4.79 Å². The first-order valence-electron chi connectivity index (χ1n) is 9.62. The number of anilines is 1. The minimum absolute atomic E-state index is 0.155. The summed E-state index contributed by atoms with van der Waals surface area (Å²) in [5.74, 6) is 0.155. The van der Waals surface area contributed by atoms with E-state index < -0.39 is 0 Å². The Morgan fingerprint density at radius 2 is 1.73 bits per heavy atom. The number of rotatable bonds is 5. The quantitative estimate of drug-likeness (QED) is 0.901. The van der Waals surface area contributed by atoms with Crippen LogP contribution < -0.4 is 10.2 Å². The summed E-state index contributed by atoms with van der Waals surface area (Å²) in [5.41, 5.74) is 3.66. The lowest BCUT2D eigenvalue weighted by atomic mass is 10.0. The van der Waals surface area contributed by atoms with Crippen LogP contribution >= 0.6 is 0 Å². The van der Waals surface area contributed by atoms with Crippen LogP contribution in [0.3, 0.4) is 0 Å². The zero-order chi connectivity index (χ0) is 17.9. The Kier molecular flexibility index (Phi) is 4.93. The van der Waals surface area contributed by atoms with E-state index in [-0.39, 0.29) is 11.9 Å². The van der Waals surface area contributed by atoms with Crippen molar-refractivity contribution in [3.63, 3.8) is 0 Å². The fourth-order valence-electron chi connectivity index (χ4n) is 3.73. The first-order valence-corrected chi connectivity index (χ1v) is 9.62. The highest BCUT2D eigenvalue weighted by Crippen LogP contribution is 2.27. The maximum absolute atomic E-state index is 12.9. The predicted octanol–water partition coefficient (Wildman–Crippen LogP) is 3.14. The smallest absolute Gasteiger partial charge is 0.242 e. The third kappa shape index (κ3) is 3.91. The fourth-order valence-corrected chi connectivity index (χ4v) is 3.73. The van der Waals surface area contributed by atoms with Crippen LogP contribution in [-0.2, 0) is 4.79 Å². The third-order valence-corrected chi connectivity index (χ3v) is 5.33. The molecule has 0 radical (unpaired) electrons. The van der Waals surface area contributed by atoms with Gasteiger partial charge in [-0.1, -0.05) is 42.5 Å². The number of nitrogens with zero attached hydrogens (tertiary/aromatic N) is 2. The zero-order valence-electron chi connectivity index (χ0n) is 15.4. The van der Waals surface area contributed by atoms with E-state index in [0.29, 0.717) is 6.04 Å². The van der Waals surface area contributed by atoms with E-state index >= 15 is 0 Å². The summed E-state index contributed by atoms with van der Waals surface area (Å²) in [6.07, 6.45) is 2.24.